The van der Waals surface area contributed by atoms with Crippen LogP contribution in [0.3, 0.4) is 0 Å². The van der Waals surface area contributed by atoms with E-state index in [1.807, 2.05) is 6.07 Å². The van der Waals surface area contributed by atoms with Crippen LogP contribution in [0.25, 0.3) is 0 Å². The first-order valence-corrected chi connectivity index (χ1v) is 5.51. The van der Waals surface area contributed by atoms with Crippen molar-refractivity contribution in [2.24, 2.45) is 0 Å². The molecule has 0 N–H and O–H groups in total. The van der Waals surface area contributed by atoms with E-state index >= 15 is 0 Å². The van der Waals surface area contributed by atoms with Crippen molar-refractivity contribution < 1.29 is 4.39 Å². The lowest BCUT2D eigenvalue weighted by atomic mass is 9.98. The molecule has 0 unspecified atom stereocenters. The van der Waals surface area contributed by atoms with E-state index in [-0.39, 0.29) is 5.82 Å². The molecule has 2 heteroatoms. The highest BCUT2D eigenvalue weighted by atomic mass is 79.9. The van der Waals surface area contributed by atoms with Crippen molar-refractivity contribution in [1.82, 2.24) is 0 Å². The number of halogens is 2. The highest BCUT2D eigenvalue weighted by Crippen LogP contribution is 2.37. The summed E-state index contributed by atoms with van der Waals surface area (Å²) < 4.78 is 14.0. The predicted octanol–water partition coefficient (Wildman–Crippen LogP) is 4.25. The quantitative estimate of drug-likeness (QED) is 0.691. The Labute approximate surface area is 86.3 Å². The zero-order chi connectivity index (χ0) is 9.26. The molecule has 1 saturated carbocycles. The highest BCUT2D eigenvalue weighted by Gasteiger charge is 2.19. The van der Waals surface area contributed by atoms with Crippen LogP contribution in [0, 0.1) is 5.82 Å². The minimum absolute atomic E-state index is 0.120. The van der Waals surface area contributed by atoms with Gasteiger partial charge >= 0.3 is 0 Å². The normalized spacial score (nSPS) is 18.0. The number of benzene rings is 1. The first-order valence-electron chi connectivity index (χ1n) is 4.72. The summed E-state index contributed by atoms with van der Waals surface area (Å²) in [5, 5.41) is 0. The fourth-order valence-electron chi connectivity index (χ4n) is 2.06. The van der Waals surface area contributed by atoms with E-state index in [2.05, 4.69) is 15.9 Å². The zero-order valence-electron chi connectivity index (χ0n) is 7.39. The second kappa shape index (κ2) is 3.79. The van der Waals surface area contributed by atoms with Crippen molar-refractivity contribution in [2.45, 2.75) is 31.6 Å². The molecule has 0 amide bonds. The highest BCUT2D eigenvalue weighted by molar-refractivity contribution is 9.10. The van der Waals surface area contributed by atoms with Gasteiger partial charge in [0, 0.05) is 4.47 Å². The number of hydrogen-bond acceptors (Lipinski definition) is 0. The Bertz CT molecular complexity index is 303. The van der Waals surface area contributed by atoms with Gasteiger partial charge in [-0.15, -0.1) is 0 Å². The first-order chi connectivity index (χ1) is 6.27. The molecule has 70 valence electrons. The van der Waals surface area contributed by atoms with Gasteiger partial charge in [0.1, 0.15) is 5.82 Å². The fraction of sp³-hybridized carbons (Fsp3) is 0.455. The molecule has 0 nitrogen and oxygen atoms in total. The molecular formula is C11H12BrF. The predicted molar refractivity (Wildman–Crippen MR) is 55.3 cm³/mol. The van der Waals surface area contributed by atoms with Gasteiger partial charge in [0.25, 0.3) is 0 Å². The van der Waals surface area contributed by atoms with Crippen molar-refractivity contribution in [1.29, 1.82) is 0 Å². The Kier molecular flexibility index (Phi) is 2.68. The van der Waals surface area contributed by atoms with Crippen LogP contribution in [0.15, 0.2) is 22.7 Å². The number of hydrogen-bond donors (Lipinski definition) is 0. The molecule has 0 radical (unpaired) electrons. The Morgan fingerprint density at radius 2 is 1.92 bits per heavy atom. The standard InChI is InChI=1S/C11H12BrF/c12-11-6-5-9(13)7-10(11)8-3-1-2-4-8/h5-8H,1-4H2. The summed E-state index contributed by atoms with van der Waals surface area (Å²) in [7, 11) is 0. The maximum Gasteiger partial charge on any atom is 0.123 e. The minimum atomic E-state index is -0.120. The summed E-state index contributed by atoms with van der Waals surface area (Å²) in [5.74, 6) is 0.454. The Balaban J connectivity index is 2.32. The number of rotatable bonds is 1. The molecule has 0 spiro atoms. The van der Waals surface area contributed by atoms with Crippen LogP contribution in [-0.2, 0) is 0 Å². The minimum Gasteiger partial charge on any atom is -0.207 e. The second-order valence-corrected chi connectivity index (χ2v) is 4.50. The lowest BCUT2D eigenvalue weighted by molar-refractivity contribution is 0.617. The Morgan fingerprint density at radius 1 is 1.23 bits per heavy atom. The molecule has 1 aromatic carbocycles. The summed E-state index contributed by atoms with van der Waals surface area (Å²) in [6.07, 6.45) is 4.99. The fourth-order valence-corrected chi connectivity index (χ4v) is 2.63. The smallest absolute Gasteiger partial charge is 0.123 e. The molecule has 1 aliphatic rings. The molecule has 13 heavy (non-hydrogen) atoms. The van der Waals surface area contributed by atoms with Gasteiger partial charge in [-0.1, -0.05) is 28.8 Å². The second-order valence-electron chi connectivity index (χ2n) is 3.65. The van der Waals surface area contributed by atoms with E-state index in [4.69, 9.17) is 0 Å². The van der Waals surface area contributed by atoms with E-state index in [0.717, 1.165) is 10.0 Å². The van der Waals surface area contributed by atoms with E-state index in [1.165, 1.54) is 31.7 Å². The van der Waals surface area contributed by atoms with E-state index in [9.17, 15) is 4.39 Å². The summed E-state index contributed by atoms with van der Waals surface area (Å²) in [5.41, 5.74) is 1.15. The van der Waals surface area contributed by atoms with Gasteiger partial charge in [0.15, 0.2) is 0 Å². The molecule has 0 atom stereocenters. The van der Waals surface area contributed by atoms with Crippen molar-refractivity contribution in [3.05, 3.63) is 34.1 Å². The maximum absolute atomic E-state index is 13.0. The van der Waals surface area contributed by atoms with Crippen LogP contribution >= 0.6 is 15.9 Å². The monoisotopic (exact) mass is 242 g/mol. The Hall–Kier alpha value is -0.370. The average Bonchev–Trinajstić information content (AvgIpc) is 2.61. The summed E-state index contributed by atoms with van der Waals surface area (Å²) in [6.45, 7) is 0. The zero-order valence-corrected chi connectivity index (χ0v) is 8.98. The van der Waals surface area contributed by atoms with Gasteiger partial charge in [-0.05, 0) is 42.5 Å². The van der Waals surface area contributed by atoms with Crippen LogP contribution in [0.2, 0.25) is 0 Å². The van der Waals surface area contributed by atoms with E-state index < -0.39 is 0 Å². The molecule has 0 bridgehead atoms. The van der Waals surface area contributed by atoms with Crippen LogP contribution in [0.4, 0.5) is 4.39 Å². The molecule has 2 rings (SSSR count). The van der Waals surface area contributed by atoms with Crippen molar-refractivity contribution in [2.75, 3.05) is 0 Å². The molecule has 1 aliphatic carbocycles. The lowest BCUT2D eigenvalue weighted by Gasteiger charge is -2.11. The largest absolute Gasteiger partial charge is 0.207 e. The molecule has 0 saturated heterocycles. The van der Waals surface area contributed by atoms with Crippen molar-refractivity contribution in [3.8, 4) is 0 Å². The third-order valence-electron chi connectivity index (χ3n) is 2.75. The van der Waals surface area contributed by atoms with Gasteiger partial charge in [-0.2, -0.15) is 0 Å². The summed E-state index contributed by atoms with van der Waals surface area (Å²) >= 11 is 3.47. The maximum atomic E-state index is 13.0. The average molecular weight is 243 g/mol. The Morgan fingerprint density at radius 3 is 2.62 bits per heavy atom. The van der Waals surface area contributed by atoms with Gasteiger partial charge in [-0.25, -0.2) is 4.39 Å². The molecule has 1 aromatic rings. The van der Waals surface area contributed by atoms with Crippen LogP contribution in [-0.4, -0.2) is 0 Å². The van der Waals surface area contributed by atoms with Crippen LogP contribution in [0.5, 0.6) is 0 Å². The van der Waals surface area contributed by atoms with E-state index in [1.54, 1.807) is 6.07 Å². The third kappa shape index (κ3) is 1.93. The van der Waals surface area contributed by atoms with Crippen LogP contribution < -0.4 is 0 Å². The van der Waals surface area contributed by atoms with Crippen molar-refractivity contribution in [3.63, 3.8) is 0 Å². The molecule has 0 aliphatic heterocycles. The topological polar surface area (TPSA) is 0 Å². The summed E-state index contributed by atoms with van der Waals surface area (Å²) in [6, 6.07) is 4.98. The lowest BCUT2D eigenvalue weighted by Crippen LogP contribution is -1.94. The molecular weight excluding hydrogens is 231 g/mol. The van der Waals surface area contributed by atoms with Gasteiger partial charge < -0.3 is 0 Å². The molecule has 0 heterocycles. The van der Waals surface area contributed by atoms with Crippen molar-refractivity contribution >= 4 is 15.9 Å². The van der Waals surface area contributed by atoms with Crippen LogP contribution in [0.1, 0.15) is 37.2 Å². The van der Waals surface area contributed by atoms with Gasteiger partial charge in [0.2, 0.25) is 0 Å². The summed E-state index contributed by atoms with van der Waals surface area (Å²) in [4.78, 5) is 0. The van der Waals surface area contributed by atoms with E-state index in [0.29, 0.717) is 5.92 Å². The van der Waals surface area contributed by atoms with Gasteiger partial charge in [-0.3, -0.25) is 0 Å². The molecule has 0 aromatic heterocycles. The first kappa shape index (κ1) is 9.20. The SMILES string of the molecule is Fc1ccc(Br)c(C2CCCC2)c1. The third-order valence-corrected chi connectivity index (χ3v) is 3.48. The molecule has 1 fully saturated rings. The van der Waals surface area contributed by atoms with Gasteiger partial charge in [0.05, 0.1) is 0 Å².